The van der Waals surface area contributed by atoms with Gasteiger partial charge in [-0.05, 0) is 30.6 Å². The zero-order valence-corrected chi connectivity index (χ0v) is 16.0. The van der Waals surface area contributed by atoms with Gasteiger partial charge in [-0.15, -0.1) is 0 Å². The second-order valence-corrected chi connectivity index (χ2v) is 7.45. The molecule has 0 rings (SSSR count). The standard InChI is InChI=1S/C20H43N/c1-7-11-13-19(9-3)16-21(15-18(5)6)17-20(10-4)14-12-8-2/h18-20H,7-17H2,1-6H3. The molecule has 0 N–H and O–H groups in total. The lowest BCUT2D eigenvalue weighted by atomic mass is 9.95. The molecule has 0 spiro atoms. The molecule has 1 nitrogen and oxygen atoms in total. The third-order valence-electron chi connectivity index (χ3n) is 4.74. The highest BCUT2D eigenvalue weighted by Crippen LogP contribution is 2.19. The lowest BCUT2D eigenvalue weighted by Crippen LogP contribution is -2.36. The third kappa shape index (κ3) is 11.2. The molecule has 0 saturated heterocycles. The van der Waals surface area contributed by atoms with E-state index in [4.69, 9.17) is 0 Å². The first-order valence-electron chi connectivity index (χ1n) is 9.79. The molecule has 0 heterocycles. The Bertz CT molecular complexity index is 194. The van der Waals surface area contributed by atoms with Gasteiger partial charge in [0.2, 0.25) is 0 Å². The van der Waals surface area contributed by atoms with Crippen LogP contribution in [-0.4, -0.2) is 24.5 Å². The van der Waals surface area contributed by atoms with E-state index < -0.39 is 0 Å². The molecule has 0 radical (unpaired) electrons. The van der Waals surface area contributed by atoms with E-state index in [-0.39, 0.29) is 0 Å². The topological polar surface area (TPSA) is 3.24 Å². The van der Waals surface area contributed by atoms with Gasteiger partial charge in [0.05, 0.1) is 0 Å². The van der Waals surface area contributed by atoms with Crippen molar-refractivity contribution in [2.24, 2.45) is 17.8 Å². The molecule has 21 heavy (non-hydrogen) atoms. The van der Waals surface area contributed by atoms with Gasteiger partial charge in [-0.1, -0.05) is 80.1 Å². The van der Waals surface area contributed by atoms with Crippen molar-refractivity contribution in [1.29, 1.82) is 0 Å². The van der Waals surface area contributed by atoms with E-state index in [9.17, 15) is 0 Å². The van der Waals surface area contributed by atoms with E-state index in [0.29, 0.717) is 0 Å². The maximum Gasteiger partial charge on any atom is 0.000978 e. The molecular formula is C20H43N. The minimum absolute atomic E-state index is 0.789. The van der Waals surface area contributed by atoms with Crippen LogP contribution in [0.5, 0.6) is 0 Å². The van der Waals surface area contributed by atoms with Crippen molar-refractivity contribution in [2.75, 3.05) is 19.6 Å². The van der Waals surface area contributed by atoms with Crippen molar-refractivity contribution in [3.05, 3.63) is 0 Å². The highest BCUT2D eigenvalue weighted by molar-refractivity contribution is 4.71. The van der Waals surface area contributed by atoms with Crippen molar-refractivity contribution < 1.29 is 0 Å². The van der Waals surface area contributed by atoms with Crippen molar-refractivity contribution in [2.45, 2.75) is 92.9 Å². The molecule has 2 atom stereocenters. The van der Waals surface area contributed by atoms with Gasteiger partial charge < -0.3 is 4.90 Å². The fourth-order valence-corrected chi connectivity index (χ4v) is 3.30. The highest BCUT2D eigenvalue weighted by atomic mass is 15.1. The summed E-state index contributed by atoms with van der Waals surface area (Å²) in [6, 6.07) is 0. The average molecular weight is 298 g/mol. The van der Waals surface area contributed by atoms with Crippen LogP contribution >= 0.6 is 0 Å². The predicted octanol–water partition coefficient (Wildman–Crippen LogP) is 6.38. The van der Waals surface area contributed by atoms with Crippen LogP contribution in [0.1, 0.15) is 92.9 Å². The Balaban J connectivity index is 4.45. The molecule has 1 heteroatoms. The van der Waals surface area contributed by atoms with Crippen LogP contribution in [0.15, 0.2) is 0 Å². The Morgan fingerprint density at radius 3 is 1.38 bits per heavy atom. The second-order valence-electron chi connectivity index (χ2n) is 7.45. The largest absolute Gasteiger partial charge is 0.303 e. The van der Waals surface area contributed by atoms with E-state index in [1.54, 1.807) is 0 Å². The first-order valence-corrected chi connectivity index (χ1v) is 9.79. The summed E-state index contributed by atoms with van der Waals surface area (Å²) >= 11 is 0. The first kappa shape index (κ1) is 21.0. The molecule has 0 aliphatic carbocycles. The van der Waals surface area contributed by atoms with Crippen LogP contribution in [0.4, 0.5) is 0 Å². The zero-order chi connectivity index (χ0) is 16.1. The normalized spacial score (nSPS) is 14.9. The van der Waals surface area contributed by atoms with Crippen LogP contribution in [0.2, 0.25) is 0 Å². The molecule has 0 bridgehead atoms. The number of nitrogens with zero attached hydrogens (tertiary/aromatic N) is 1. The summed E-state index contributed by atoms with van der Waals surface area (Å²) in [6.07, 6.45) is 11.0. The number of hydrogen-bond donors (Lipinski definition) is 0. The fraction of sp³-hybridized carbons (Fsp3) is 1.00. The fourth-order valence-electron chi connectivity index (χ4n) is 3.30. The van der Waals surface area contributed by atoms with Crippen molar-refractivity contribution in [3.63, 3.8) is 0 Å². The minimum atomic E-state index is 0.789. The zero-order valence-electron chi connectivity index (χ0n) is 16.0. The van der Waals surface area contributed by atoms with E-state index in [2.05, 4.69) is 46.4 Å². The van der Waals surface area contributed by atoms with Gasteiger partial charge in [-0.2, -0.15) is 0 Å². The monoisotopic (exact) mass is 297 g/mol. The molecule has 0 saturated carbocycles. The van der Waals surface area contributed by atoms with Crippen LogP contribution in [-0.2, 0) is 0 Å². The third-order valence-corrected chi connectivity index (χ3v) is 4.74. The van der Waals surface area contributed by atoms with Crippen LogP contribution in [0.3, 0.4) is 0 Å². The maximum atomic E-state index is 2.79. The lowest BCUT2D eigenvalue weighted by Gasteiger charge is -2.31. The van der Waals surface area contributed by atoms with E-state index in [0.717, 1.165) is 17.8 Å². The molecule has 128 valence electrons. The Hall–Kier alpha value is -0.0400. The Labute approximate surface area is 135 Å². The smallest absolute Gasteiger partial charge is 0.000978 e. The molecule has 0 aromatic rings. The molecule has 0 aliphatic rings. The first-order chi connectivity index (χ1) is 10.1. The molecule has 0 aliphatic heterocycles. The quantitative estimate of drug-likeness (QED) is 0.360. The summed E-state index contributed by atoms with van der Waals surface area (Å²) in [7, 11) is 0. The van der Waals surface area contributed by atoms with Gasteiger partial charge >= 0.3 is 0 Å². The van der Waals surface area contributed by atoms with Crippen molar-refractivity contribution in [3.8, 4) is 0 Å². The summed E-state index contributed by atoms with van der Waals surface area (Å²) in [4.78, 5) is 2.79. The molecule has 0 fully saturated rings. The minimum Gasteiger partial charge on any atom is -0.303 e. The van der Waals surface area contributed by atoms with Crippen LogP contribution in [0, 0.1) is 17.8 Å². The van der Waals surface area contributed by atoms with Gasteiger partial charge in [-0.3, -0.25) is 0 Å². The Kier molecular flexibility index (Phi) is 13.6. The Morgan fingerprint density at radius 1 is 0.667 bits per heavy atom. The van der Waals surface area contributed by atoms with E-state index in [1.807, 2.05) is 0 Å². The van der Waals surface area contributed by atoms with Crippen molar-refractivity contribution >= 4 is 0 Å². The van der Waals surface area contributed by atoms with Gasteiger partial charge in [0.25, 0.3) is 0 Å². The summed E-state index contributed by atoms with van der Waals surface area (Å²) in [6.45, 7) is 18.1. The SMILES string of the molecule is CCCCC(CC)CN(CC(C)C)CC(CC)CCCC. The molecule has 0 amide bonds. The number of hydrogen-bond acceptors (Lipinski definition) is 1. The molecule has 0 aromatic carbocycles. The van der Waals surface area contributed by atoms with Gasteiger partial charge in [0, 0.05) is 19.6 Å². The lowest BCUT2D eigenvalue weighted by molar-refractivity contribution is 0.165. The maximum absolute atomic E-state index is 2.79. The van der Waals surface area contributed by atoms with Gasteiger partial charge in [0.15, 0.2) is 0 Å². The summed E-state index contributed by atoms with van der Waals surface area (Å²) in [5.41, 5.74) is 0. The molecular weight excluding hydrogens is 254 g/mol. The molecule has 2 unspecified atom stereocenters. The van der Waals surface area contributed by atoms with E-state index >= 15 is 0 Å². The highest BCUT2D eigenvalue weighted by Gasteiger charge is 2.17. The summed E-state index contributed by atoms with van der Waals surface area (Å²) in [5.74, 6) is 2.61. The molecule has 0 aromatic heterocycles. The van der Waals surface area contributed by atoms with Crippen LogP contribution in [0.25, 0.3) is 0 Å². The second kappa shape index (κ2) is 13.6. The Morgan fingerprint density at radius 2 is 1.10 bits per heavy atom. The van der Waals surface area contributed by atoms with Crippen molar-refractivity contribution in [1.82, 2.24) is 4.90 Å². The van der Waals surface area contributed by atoms with Gasteiger partial charge in [0.1, 0.15) is 0 Å². The van der Waals surface area contributed by atoms with Gasteiger partial charge in [-0.25, -0.2) is 0 Å². The summed E-state index contributed by atoms with van der Waals surface area (Å²) < 4.78 is 0. The number of unbranched alkanes of at least 4 members (excludes halogenated alkanes) is 2. The van der Waals surface area contributed by atoms with Crippen LogP contribution < -0.4 is 0 Å². The average Bonchev–Trinajstić information content (AvgIpc) is 2.46. The predicted molar refractivity (Wildman–Crippen MR) is 97.9 cm³/mol. The summed E-state index contributed by atoms with van der Waals surface area (Å²) in [5, 5.41) is 0. The van der Waals surface area contributed by atoms with E-state index in [1.165, 1.54) is 71.0 Å². The number of rotatable bonds is 14.